The van der Waals surface area contributed by atoms with Gasteiger partial charge in [-0.2, -0.15) is 0 Å². The van der Waals surface area contributed by atoms with Crippen molar-refractivity contribution in [1.29, 1.82) is 0 Å². The van der Waals surface area contributed by atoms with Crippen LogP contribution in [0.15, 0.2) is 41.5 Å². The van der Waals surface area contributed by atoms with Crippen LogP contribution in [0, 0.1) is 0 Å². The number of methoxy groups -OCH3 is 3. The molecule has 0 aliphatic carbocycles. The smallest absolute Gasteiger partial charge is 0.203 e. The van der Waals surface area contributed by atoms with Gasteiger partial charge in [0.2, 0.25) is 5.75 Å². The first-order chi connectivity index (χ1) is 13.7. The Labute approximate surface area is 163 Å². The second-order valence-corrected chi connectivity index (χ2v) is 5.82. The molecule has 3 aromatic rings. The van der Waals surface area contributed by atoms with E-state index in [-0.39, 0.29) is 0 Å². The van der Waals surface area contributed by atoms with E-state index in [2.05, 4.69) is 25.8 Å². The van der Waals surface area contributed by atoms with E-state index in [1.54, 1.807) is 28.4 Å². The van der Waals surface area contributed by atoms with Gasteiger partial charge in [-0.05, 0) is 24.3 Å². The van der Waals surface area contributed by atoms with Crippen molar-refractivity contribution < 1.29 is 14.2 Å². The zero-order valence-corrected chi connectivity index (χ0v) is 16.4. The summed E-state index contributed by atoms with van der Waals surface area (Å²) in [5.41, 5.74) is 1.72. The highest BCUT2D eigenvalue weighted by Gasteiger charge is 2.16. The number of hydrogen-bond donors (Lipinski definition) is 2. The van der Waals surface area contributed by atoms with Crippen LogP contribution in [0.2, 0.25) is 0 Å². The largest absolute Gasteiger partial charge is 0.493 e. The molecule has 0 saturated carbocycles. The van der Waals surface area contributed by atoms with Gasteiger partial charge in [0.05, 0.1) is 27.9 Å². The minimum Gasteiger partial charge on any atom is -0.493 e. The first-order valence-corrected chi connectivity index (χ1v) is 8.72. The Morgan fingerprint density at radius 2 is 1.75 bits per heavy atom. The van der Waals surface area contributed by atoms with Gasteiger partial charge in [-0.15, -0.1) is 10.2 Å². The molecule has 2 N–H and O–H groups in total. The van der Waals surface area contributed by atoms with Crippen molar-refractivity contribution in [3.05, 3.63) is 47.9 Å². The van der Waals surface area contributed by atoms with Crippen molar-refractivity contribution >= 4 is 11.6 Å². The fraction of sp³-hybridized carbons (Fsp3) is 0.316. The van der Waals surface area contributed by atoms with Crippen LogP contribution in [0.4, 0.5) is 0 Å². The zero-order valence-electron chi connectivity index (χ0n) is 16.4. The highest BCUT2D eigenvalue weighted by atomic mass is 16.5. The van der Waals surface area contributed by atoms with E-state index in [9.17, 15) is 0 Å². The number of ether oxygens (including phenoxy) is 3. The molecule has 28 heavy (non-hydrogen) atoms. The molecule has 0 amide bonds. The first kappa shape index (κ1) is 19.3. The molecular weight excluding hydrogens is 360 g/mol. The van der Waals surface area contributed by atoms with Gasteiger partial charge in [-0.1, -0.05) is 6.07 Å². The molecule has 0 saturated heterocycles. The molecule has 0 bridgehead atoms. The van der Waals surface area contributed by atoms with Crippen LogP contribution in [-0.2, 0) is 13.1 Å². The number of nitrogens with zero attached hydrogens (tertiary/aromatic N) is 4. The molecule has 0 aliphatic heterocycles. The van der Waals surface area contributed by atoms with Crippen molar-refractivity contribution in [3.63, 3.8) is 0 Å². The van der Waals surface area contributed by atoms with Crippen LogP contribution in [-0.4, -0.2) is 48.9 Å². The van der Waals surface area contributed by atoms with Crippen molar-refractivity contribution in [1.82, 2.24) is 25.2 Å². The Morgan fingerprint density at radius 1 is 0.964 bits per heavy atom. The Hall–Kier alpha value is -3.49. The molecule has 0 unspecified atom stereocenters. The molecule has 9 nitrogen and oxygen atoms in total. The third-order valence-electron chi connectivity index (χ3n) is 4.25. The molecular formula is C19H24N6O3. The summed E-state index contributed by atoms with van der Waals surface area (Å²) in [6, 6.07) is 9.55. The predicted octanol–water partition coefficient (Wildman–Crippen LogP) is 1.62. The van der Waals surface area contributed by atoms with E-state index in [1.165, 1.54) is 0 Å². The summed E-state index contributed by atoms with van der Waals surface area (Å²) in [6.45, 7) is 0.970. The number of pyridine rings is 1. The van der Waals surface area contributed by atoms with Crippen molar-refractivity contribution in [2.24, 2.45) is 4.99 Å². The maximum atomic E-state index is 5.52. The predicted molar refractivity (Wildman–Crippen MR) is 106 cm³/mol. The first-order valence-electron chi connectivity index (χ1n) is 8.72. The number of rotatable bonds is 7. The average molecular weight is 384 g/mol. The minimum atomic E-state index is 0.480. The van der Waals surface area contributed by atoms with Gasteiger partial charge in [0.25, 0.3) is 0 Å². The van der Waals surface area contributed by atoms with Gasteiger partial charge in [0.1, 0.15) is 0 Å². The molecule has 0 atom stereocenters. The number of benzene rings is 1. The minimum absolute atomic E-state index is 0.480. The summed E-state index contributed by atoms with van der Waals surface area (Å²) < 4.78 is 18.2. The van der Waals surface area contributed by atoms with Crippen molar-refractivity contribution in [2.75, 3.05) is 28.4 Å². The maximum absolute atomic E-state index is 5.52. The van der Waals surface area contributed by atoms with Gasteiger partial charge >= 0.3 is 0 Å². The number of guanidine groups is 1. The molecule has 0 radical (unpaired) electrons. The van der Waals surface area contributed by atoms with E-state index < -0.39 is 0 Å². The van der Waals surface area contributed by atoms with Crippen LogP contribution in [0.1, 0.15) is 11.4 Å². The normalized spacial score (nSPS) is 11.4. The molecule has 0 fully saturated rings. The summed E-state index contributed by atoms with van der Waals surface area (Å²) >= 11 is 0. The van der Waals surface area contributed by atoms with Gasteiger partial charge in [0, 0.05) is 25.4 Å². The molecule has 3 rings (SSSR count). The topological polar surface area (TPSA) is 94.3 Å². The zero-order chi connectivity index (χ0) is 19.9. The second kappa shape index (κ2) is 8.94. The van der Waals surface area contributed by atoms with E-state index in [0.717, 1.165) is 17.0 Å². The highest BCUT2D eigenvalue weighted by Crippen LogP contribution is 2.39. The fourth-order valence-corrected chi connectivity index (χ4v) is 2.88. The number of aliphatic imine (C=N–C) groups is 1. The lowest BCUT2D eigenvalue weighted by Crippen LogP contribution is -2.36. The standard InChI is InChI=1S/C19H24N6O3/c1-20-19(22-12-16-24-23-15-7-5-6-10-25(15)16)21-11-13-8-9-14(26-2)18(28-4)17(13)27-3/h5-10H,11-12H2,1-4H3,(H2,20,21,22). The lowest BCUT2D eigenvalue weighted by Gasteiger charge is -2.17. The molecule has 2 heterocycles. The van der Waals surface area contributed by atoms with E-state index in [4.69, 9.17) is 14.2 Å². The van der Waals surface area contributed by atoms with E-state index in [0.29, 0.717) is 36.3 Å². The van der Waals surface area contributed by atoms with Crippen LogP contribution in [0.3, 0.4) is 0 Å². The molecule has 9 heteroatoms. The fourth-order valence-electron chi connectivity index (χ4n) is 2.88. The maximum Gasteiger partial charge on any atom is 0.203 e. The van der Waals surface area contributed by atoms with Crippen LogP contribution < -0.4 is 24.8 Å². The molecule has 0 spiro atoms. The van der Waals surface area contributed by atoms with Crippen molar-refractivity contribution in [3.8, 4) is 17.2 Å². The third-order valence-corrected chi connectivity index (χ3v) is 4.25. The van der Waals surface area contributed by atoms with Crippen LogP contribution in [0.25, 0.3) is 5.65 Å². The number of hydrogen-bond acceptors (Lipinski definition) is 6. The summed E-state index contributed by atoms with van der Waals surface area (Å²) in [5.74, 6) is 3.21. The molecule has 148 valence electrons. The summed E-state index contributed by atoms with van der Waals surface area (Å²) in [4.78, 5) is 4.25. The Morgan fingerprint density at radius 3 is 2.46 bits per heavy atom. The summed E-state index contributed by atoms with van der Waals surface area (Å²) in [6.07, 6.45) is 1.93. The lowest BCUT2D eigenvalue weighted by molar-refractivity contribution is 0.322. The molecule has 1 aromatic carbocycles. The Kier molecular flexibility index (Phi) is 6.15. The summed E-state index contributed by atoms with van der Waals surface area (Å²) in [7, 11) is 6.49. The monoisotopic (exact) mass is 384 g/mol. The third kappa shape index (κ3) is 3.93. The van der Waals surface area contributed by atoms with E-state index in [1.807, 2.05) is 40.9 Å². The Bertz CT molecular complexity index is 969. The van der Waals surface area contributed by atoms with Gasteiger partial charge < -0.3 is 24.8 Å². The van der Waals surface area contributed by atoms with Gasteiger partial charge in [-0.3, -0.25) is 9.39 Å². The second-order valence-electron chi connectivity index (χ2n) is 5.82. The van der Waals surface area contributed by atoms with Crippen LogP contribution in [0.5, 0.6) is 17.2 Å². The lowest BCUT2D eigenvalue weighted by atomic mass is 10.1. The SMILES string of the molecule is CN=C(NCc1ccc(OC)c(OC)c1OC)NCc1nnc2ccccn12. The number of aromatic nitrogens is 3. The summed E-state index contributed by atoms with van der Waals surface area (Å²) in [5, 5.41) is 14.9. The Balaban J connectivity index is 1.67. The van der Waals surface area contributed by atoms with Gasteiger partial charge in [0.15, 0.2) is 28.9 Å². The van der Waals surface area contributed by atoms with Crippen LogP contribution >= 0.6 is 0 Å². The molecule has 0 aliphatic rings. The highest BCUT2D eigenvalue weighted by molar-refractivity contribution is 5.79. The van der Waals surface area contributed by atoms with Crippen molar-refractivity contribution in [2.45, 2.75) is 13.1 Å². The van der Waals surface area contributed by atoms with E-state index >= 15 is 0 Å². The molecule has 2 aromatic heterocycles. The number of nitrogens with one attached hydrogen (secondary N) is 2. The number of fused-ring (bicyclic) bond motifs is 1. The average Bonchev–Trinajstić information content (AvgIpc) is 3.16. The quantitative estimate of drug-likeness (QED) is 0.472. The van der Waals surface area contributed by atoms with Gasteiger partial charge in [-0.25, -0.2) is 0 Å².